The van der Waals surface area contributed by atoms with Gasteiger partial charge in [-0.15, -0.1) is 0 Å². The highest BCUT2D eigenvalue weighted by atomic mass is 15.3. The molecular formula is C17H35N3. The van der Waals surface area contributed by atoms with Crippen LogP contribution in [0.3, 0.4) is 0 Å². The van der Waals surface area contributed by atoms with E-state index in [0.717, 1.165) is 18.0 Å². The predicted molar refractivity (Wildman–Crippen MR) is 87.1 cm³/mol. The molecule has 0 amide bonds. The highest BCUT2D eigenvalue weighted by molar-refractivity contribution is 5.07. The van der Waals surface area contributed by atoms with Gasteiger partial charge in [0, 0.05) is 50.2 Å². The Morgan fingerprint density at radius 2 is 1.65 bits per heavy atom. The molecule has 3 rings (SSSR count). The molecular weight excluding hydrogens is 246 g/mol. The van der Waals surface area contributed by atoms with Gasteiger partial charge in [-0.3, -0.25) is 4.90 Å². The zero-order chi connectivity index (χ0) is 14.9. The molecule has 3 atom stereocenters. The molecule has 3 heteroatoms. The molecule has 1 spiro atoms. The van der Waals surface area contributed by atoms with Gasteiger partial charge >= 0.3 is 0 Å². The summed E-state index contributed by atoms with van der Waals surface area (Å²) in [4.78, 5) is 7.89. The average Bonchev–Trinajstić information content (AvgIpc) is 2.37. The van der Waals surface area contributed by atoms with Gasteiger partial charge in [0.05, 0.1) is 0 Å². The first-order valence-corrected chi connectivity index (χ1v) is 8.70. The van der Waals surface area contributed by atoms with Crippen molar-refractivity contribution in [1.82, 2.24) is 14.7 Å². The molecule has 20 heavy (non-hydrogen) atoms. The molecule has 3 heterocycles. The highest BCUT2D eigenvalue weighted by Gasteiger charge is 2.53. The van der Waals surface area contributed by atoms with Crippen LogP contribution >= 0.6 is 0 Å². The Morgan fingerprint density at radius 1 is 1.05 bits per heavy atom. The third-order valence-electron chi connectivity index (χ3n) is 5.55. The number of hydrogen-bond acceptors (Lipinski definition) is 3. The minimum Gasteiger partial charge on any atom is -0.305 e. The van der Waals surface area contributed by atoms with Gasteiger partial charge in [0.2, 0.25) is 0 Å². The second kappa shape index (κ2) is 6.33. The van der Waals surface area contributed by atoms with Gasteiger partial charge in [-0.05, 0) is 32.9 Å². The van der Waals surface area contributed by atoms with Gasteiger partial charge < -0.3 is 9.80 Å². The first kappa shape index (κ1) is 16.3. The molecule has 3 saturated heterocycles. The van der Waals surface area contributed by atoms with Gasteiger partial charge in [-0.2, -0.15) is 0 Å². The van der Waals surface area contributed by atoms with Crippen molar-refractivity contribution in [2.45, 2.75) is 53.1 Å². The van der Waals surface area contributed by atoms with Gasteiger partial charge in [0.15, 0.2) is 0 Å². The number of piperidine rings is 1. The lowest BCUT2D eigenvalue weighted by Crippen LogP contribution is -2.74. The molecule has 3 nitrogen and oxygen atoms in total. The maximum absolute atomic E-state index is 2.78. The van der Waals surface area contributed by atoms with Crippen molar-refractivity contribution in [3.63, 3.8) is 0 Å². The Balaban J connectivity index is 0.000000704. The van der Waals surface area contributed by atoms with E-state index < -0.39 is 0 Å². The number of likely N-dealkylation sites (tertiary alicyclic amines) is 3. The molecule has 0 aromatic rings. The average molecular weight is 281 g/mol. The van der Waals surface area contributed by atoms with Gasteiger partial charge in [0.1, 0.15) is 0 Å². The summed E-state index contributed by atoms with van der Waals surface area (Å²) in [6.07, 6.45) is 1.38. The van der Waals surface area contributed by atoms with Crippen LogP contribution in [0, 0.1) is 11.3 Å². The molecule has 3 aliphatic rings. The van der Waals surface area contributed by atoms with Crippen LogP contribution < -0.4 is 0 Å². The summed E-state index contributed by atoms with van der Waals surface area (Å²) in [7, 11) is 2.25. The largest absolute Gasteiger partial charge is 0.305 e. The van der Waals surface area contributed by atoms with E-state index in [1.54, 1.807) is 0 Å². The normalized spacial score (nSPS) is 37.8. The van der Waals surface area contributed by atoms with Gasteiger partial charge in [-0.1, -0.05) is 27.7 Å². The zero-order valence-corrected chi connectivity index (χ0v) is 14.5. The molecule has 0 N–H and O–H groups in total. The minimum atomic E-state index is 0.694. The monoisotopic (exact) mass is 281 g/mol. The summed E-state index contributed by atoms with van der Waals surface area (Å²) in [5.41, 5.74) is 0.694. The first-order valence-electron chi connectivity index (χ1n) is 8.70. The van der Waals surface area contributed by atoms with Crippen LogP contribution in [0.5, 0.6) is 0 Å². The Kier molecular flexibility index (Phi) is 5.14. The zero-order valence-electron chi connectivity index (χ0n) is 14.5. The van der Waals surface area contributed by atoms with E-state index >= 15 is 0 Å². The Morgan fingerprint density at radius 3 is 2.15 bits per heavy atom. The molecule has 0 aliphatic carbocycles. The summed E-state index contributed by atoms with van der Waals surface area (Å²) in [5, 5.41) is 0. The van der Waals surface area contributed by atoms with Crippen molar-refractivity contribution >= 4 is 0 Å². The molecule has 0 aromatic heterocycles. The van der Waals surface area contributed by atoms with Gasteiger partial charge in [0.25, 0.3) is 0 Å². The fraction of sp³-hybridized carbons (Fsp3) is 1.00. The van der Waals surface area contributed by atoms with Crippen LogP contribution in [0.15, 0.2) is 0 Å². The fourth-order valence-electron chi connectivity index (χ4n) is 4.70. The summed E-state index contributed by atoms with van der Waals surface area (Å²) in [6.45, 7) is 19.1. The lowest BCUT2D eigenvalue weighted by Gasteiger charge is -2.63. The van der Waals surface area contributed by atoms with Crippen molar-refractivity contribution in [3.8, 4) is 0 Å². The number of rotatable bonds is 2. The van der Waals surface area contributed by atoms with E-state index in [0.29, 0.717) is 5.41 Å². The molecule has 3 aliphatic heterocycles. The predicted octanol–water partition coefficient (Wildman–Crippen LogP) is 2.38. The minimum absolute atomic E-state index is 0.694. The third-order valence-corrected chi connectivity index (χ3v) is 5.55. The van der Waals surface area contributed by atoms with E-state index in [4.69, 9.17) is 0 Å². The quantitative estimate of drug-likeness (QED) is 0.769. The van der Waals surface area contributed by atoms with Crippen molar-refractivity contribution in [1.29, 1.82) is 0 Å². The van der Waals surface area contributed by atoms with Crippen LogP contribution in [0.4, 0.5) is 0 Å². The van der Waals surface area contributed by atoms with E-state index in [9.17, 15) is 0 Å². The maximum Gasteiger partial charge on any atom is 0.0212 e. The van der Waals surface area contributed by atoms with E-state index in [-0.39, 0.29) is 0 Å². The van der Waals surface area contributed by atoms with E-state index in [1.807, 2.05) is 13.8 Å². The molecule has 3 fully saturated rings. The second-order valence-electron chi connectivity index (χ2n) is 7.29. The molecule has 0 bridgehead atoms. The molecule has 118 valence electrons. The van der Waals surface area contributed by atoms with E-state index in [1.165, 1.54) is 45.7 Å². The molecule has 0 saturated carbocycles. The number of nitrogens with zero attached hydrogens (tertiary/aromatic N) is 3. The summed E-state index contributed by atoms with van der Waals surface area (Å²) >= 11 is 0. The SMILES string of the molecule is CC.CCN1CC(C)C(N2CC3(CN(C)C3)C2)C[C@H]1C. The molecule has 2 unspecified atom stereocenters. The fourth-order valence-corrected chi connectivity index (χ4v) is 4.70. The number of hydrogen-bond donors (Lipinski definition) is 0. The van der Waals surface area contributed by atoms with Crippen molar-refractivity contribution < 1.29 is 0 Å². The lowest BCUT2D eigenvalue weighted by atomic mass is 9.71. The van der Waals surface area contributed by atoms with Crippen LogP contribution in [0.25, 0.3) is 0 Å². The maximum atomic E-state index is 2.78. The van der Waals surface area contributed by atoms with Crippen molar-refractivity contribution in [2.24, 2.45) is 11.3 Å². The summed E-state index contributed by atoms with van der Waals surface area (Å²) in [5.74, 6) is 0.844. The van der Waals surface area contributed by atoms with Crippen LogP contribution in [0.2, 0.25) is 0 Å². The molecule has 0 aromatic carbocycles. The highest BCUT2D eigenvalue weighted by Crippen LogP contribution is 2.42. The molecule has 0 radical (unpaired) electrons. The van der Waals surface area contributed by atoms with Crippen LogP contribution in [0.1, 0.15) is 41.0 Å². The Labute approximate surface area is 126 Å². The topological polar surface area (TPSA) is 9.72 Å². The van der Waals surface area contributed by atoms with Crippen molar-refractivity contribution in [2.75, 3.05) is 46.3 Å². The van der Waals surface area contributed by atoms with Crippen LogP contribution in [-0.4, -0.2) is 73.1 Å². The summed E-state index contributed by atoms with van der Waals surface area (Å²) < 4.78 is 0. The van der Waals surface area contributed by atoms with Gasteiger partial charge in [-0.25, -0.2) is 0 Å². The van der Waals surface area contributed by atoms with E-state index in [2.05, 4.69) is 42.5 Å². The summed E-state index contributed by atoms with van der Waals surface area (Å²) in [6, 6.07) is 1.62. The second-order valence-corrected chi connectivity index (χ2v) is 7.29. The Bertz CT molecular complexity index is 303. The van der Waals surface area contributed by atoms with Crippen molar-refractivity contribution in [3.05, 3.63) is 0 Å². The Hall–Kier alpha value is -0.120. The third kappa shape index (κ3) is 2.90. The lowest BCUT2D eigenvalue weighted by molar-refractivity contribution is -0.139. The first-order chi connectivity index (χ1) is 9.53. The standard InChI is InChI=1S/C15H29N3.C2H6/c1-5-17-7-12(2)14(6-13(17)3)18-10-15(11-18)8-16(4)9-15;1-2/h12-14H,5-11H2,1-4H3;1-2H3/t12?,13-,14?;/m1./s1. The smallest absolute Gasteiger partial charge is 0.0212 e. The van der Waals surface area contributed by atoms with Crippen LogP contribution in [-0.2, 0) is 0 Å².